The van der Waals surface area contributed by atoms with Crippen molar-refractivity contribution in [2.75, 3.05) is 13.2 Å². The molecule has 0 saturated heterocycles. The van der Waals surface area contributed by atoms with Crippen molar-refractivity contribution in [3.63, 3.8) is 0 Å². The highest BCUT2D eigenvalue weighted by Gasteiger charge is 1.94. The van der Waals surface area contributed by atoms with Crippen LogP contribution in [0.5, 0.6) is 5.88 Å². The molecule has 0 aromatic carbocycles. The molecule has 0 saturated carbocycles. The van der Waals surface area contributed by atoms with Crippen LogP contribution in [0, 0.1) is 6.42 Å². The van der Waals surface area contributed by atoms with E-state index in [-0.39, 0.29) is 0 Å². The molecule has 0 atom stereocenters. The number of aromatic nitrogens is 1. The summed E-state index contributed by atoms with van der Waals surface area (Å²) in [5, 5.41) is 0.431. The lowest BCUT2D eigenvalue weighted by Crippen LogP contribution is -2.07. The van der Waals surface area contributed by atoms with Crippen LogP contribution in [-0.2, 0) is 0 Å². The van der Waals surface area contributed by atoms with Crippen LogP contribution in [0.4, 0.5) is 0 Å². The van der Waals surface area contributed by atoms with Gasteiger partial charge in [-0.15, -0.1) is 0 Å². The maximum Gasteiger partial charge on any atom is 0.214 e. The molecule has 0 spiro atoms. The van der Waals surface area contributed by atoms with Gasteiger partial charge in [0.25, 0.3) is 0 Å². The van der Waals surface area contributed by atoms with E-state index in [1.807, 2.05) is 6.42 Å². The summed E-state index contributed by atoms with van der Waals surface area (Å²) in [6, 6.07) is 5.23. The lowest BCUT2D eigenvalue weighted by Gasteiger charge is -2.02. The third-order valence-electron chi connectivity index (χ3n) is 1.21. The molecule has 1 rings (SSSR count). The number of nitrogens with two attached hydrogens (primary N) is 1. The molecule has 0 amide bonds. The van der Waals surface area contributed by atoms with Gasteiger partial charge < -0.3 is 10.5 Å². The van der Waals surface area contributed by atoms with Crippen molar-refractivity contribution in [3.8, 4) is 5.88 Å². The van der Waals surface area contributed by atoms with E-state index in [2.05, 4.69) is 4.98 Å². The molecule has 65 valence electrons. The van der Waals surface area contributed by atoms with Gasteiger partial charge in [0, 0.05) is 12.5 Å². The van der Waals surface area contributed by atoms with Crippen LogP contribution in [0.3, 0.4) is 0 Å². The molecule has 1 radical (unpaired) electrons. The predicted molar refractivity (Wildman–Crippen MR) is 48.1 cm³/mol. The summed E-state index contributed by atoms with van der Waals surface area (Å²) in [5.41, 5.74) is 5.24. The highest BCUT2D eigenvalue weighted by molar-refractivity contribution is 6.29. The molecule has 3 nitrogen and oxygen atoms in total. The van der Waals surface area contributed by atoms with Crippen molar-refractivity contribution in [2.45, 2.75) is 0 Å². The molecule has 0 aliphatic rings. The van der Waals surface area contributed by atoms with Crippen LogP contribution in [-0.4, -0.2) is 18.1 Å². The summed E-state index contributed by atoms with van der Waals surface area (Å²) in [6.07, 6.45) is 1.81. The zero-order valence-corrected chi connectivity index (χ0v) is 7.29. The average molecular weight is 186 g/mol. The van der Waals surface area contributed by atoms with Crippen molar-refractivity contribution in [1.29, 1.82) is 0 Å². The monoisotopic (exact) mass is 185 g/mol. The average Bonchev–Trinajstić information content (AvgIpc) is 2.05. The molecule has 0 unspecified atom stereocenters. The maximum absolute atomic E-state index is 5.63. The third kappa shape index (κ3) is 3.07. The second-order valence-electron chi connectivity index (χ2n) is 2.13. The Morgan fingerprint density at radius 2 is 2.42 bits per heavy atom. The molecule has 0 aliphatic heterocycles. The second kappa shape index (κ2) is 4.95. The van der Waals surface area contributed by atoms with Crippen LogP contribution >= 0.6 is 11.6 Å². The topological polar surface area (TPSA) is 48.1 Å². The van der Waals surface area contributed by atoms with Crippen molar-refractivity contribution >= 4 is 11.6 Å². The standard InChI is InChI=1S/C8H10ClN2O/c9-7-3-1-4-8(11-7)12-6-2-5-10/h1-4H,5-6,10H2. The molecule has 0 aliphatic carbocycles. The van der Waals surface area contributed by atoms with Gasteiger partial charge in [-0.3, -0.25) is 0 Å². The molecule has 4 heteroatoms. The fourth-order valence-corrected chi connectivity index (χ4v) is 0.838. The SMILES string of the molecule is NC[CH]COc1cccc(Cl)n1. The van der Waals surface area contributed by atoms with Gasteiger partial charge in [0.1, 0.15) is 5.15 Å². The van der Waals surface area contributed by atoms with E-state index in [0.717, 1.165) is 0 Å². The minimum atomic E-state index is 0.431. The number of nitrogens with zero attached hydrogens (tertiary/aromatic N) is 1. The summed E-state index contributed by atoms with van der Waals surface area (Å²) < 4.78 is 5.20. The Morgan fingerprint density at radius 3 is 3.08 bits per heavy atom. The largest absolute Gasteiger partial charge is 0.477 e. The van der Waals surface area contributed by atoms with Gasteiger partial charge in [-0.25, -0.2) is 4.98 Å². The Balaban J connectivity index is 2.41. The minimum Gasteiger partial charge on any atom is -0.477 e. The fraction of sp³-hybridized carbons (Fsp3) is 0.250. The Hall–Kier alpha value is -0.800. The Bertz CT molecular complexity index is 242. The lowest BCUT2D eigenvalue weighted by molar-refractivity contribution is 0.334. The van der Waals surface area contributed by atoms with E-state index in [1.54, 1.807) is 18.2 Å². The first-order chi connectivity index (χ1) is 5.83. The summed E-state index contributed by atoms with van der Waals surface area (Å²) in [4.78, 5) is 3.93. The number of rotatable bonds is 4. The molecule has 1 heterocycles. The van der Waals surface area contributed by atoms with Crippen LogP contribution < -0.4 is 10.5 Å². The first-order valence-electron chi connectivity index (χ1n) is 3.60. The first kappa shape index (κ1) is 9.29. The quantitative estimate of drug-likeness (QED) is 0.568. The third-order valence-corrected chi connectivity index (χ3v) is 1.42. The number of ether oxygens (including phenoxy) is 1. The predicted octanol–water partition coefficient (Wildman–Crippen LogP) is 1.28. The van der Waals surface area contributed by atoms with Gasteiger partial charge in [0.15, 0.2) is 0 Å². The van der Waals surface area contributed by atoms with E-state index in [9.17, 15) is 0 Å². The van der Waals surface area contributed by atoms with E-state index in [4.69, 9.17) is 22.1 Å². The van der Waals surface area contributed by atoms with Gasteiger partial charge in [-0.05, 0) is 12.6 Å². The van der Waals surface area contributed by atoms with Gasteiger partial charge in [-0.1, -0.05) is 17.7 Å². The molecule has 2 N–H and O–H groups in total. The second-order valence-corrected chi connectivity index (χ2v) is 2.52. The van der Waals surface area contributed by atoms with E-state index in [0.29, 0.717) is 24.2 Å². The van der Waals surface area contributed by atoms with E-state index >= 15 is 0 Å². The van der Waals surface area contributed by atoms with Crippen molar-refractivity contribution < 1.29 is 4.74 Å². The highest BCUT2D eigenvalue weighted by atomic mass is 35.5. The Labute approximate surface area is 76.5 Å². The molecular weight excluding hydrogens is 176 g/mol. The fourth-order valence-electron chi connectivity index (χ4n) is 0.682. The lowest BCUT2D eigenvalue weighted by atomic mass is 10.4. The van der Waals surface area contributed by atoms with Gasteiger partial charge >= 0.3 is 0 Å². The zero-order chi connectivity index (χ0) is 8.81. The van der Waals surface area contributed by atoms with Crippen molar-refractivity contribution in [1.82, 2.24) is 4.98 Å². The van der Waals surface area contributed by atoms with Gasteiger partial charge in [0.2, 0.25) is 5.88 Å². The summed E-state index contributed by atoms with van der Waals surface area (Å²) in [6.45, 7) is 0.963. The Kier molecular flexibility index (Phi) is 3.84. The van der Waals surface area contributed by atoms with Crippen LogP contribution in [0.15, 0.2) is 18.2 Å². The van der Waals surface area contributed by atoms with Crippen molar-refractivity contribution in [2.24, 2.45) is 5.73 Å². The maximum atomic E-state index is 5.63. The normalized spacial score (nSPS) is 9.83. The molecule has 12 heavy (non-hydrogen) atoms. The number of hydrogen-bond donors (Lipinski definition) is 1. The van der Waals surface area contributed by atoms with Crippen LogP contribution in [0.2, 0.25) is 5.15 Å². The number of halogens is 1. The molecular formula is C8H10ClN2O. The van der Waals surface area contributed by atoms with Crippen LogP contribution in [0.25, 0.3) is 0 Å². The summed E-state index contributed by atoms with van der Waals surface area (Å²) in [5.74, 6) is 0.521. The van der Waals surface area contributed by atoms with E-state index < -0.39 is 0 Å². The minimum absolute atomic E-state index is 0.431. The smallest absolute Gasteiger partial charge is 0.214 e. The number of hydrogen-bond acceptors (Lipinski definition) is 3. The van der Waals surface area contributed by atoms with Crippen LogP contribution in [0.1, 0.15) is 0 Å². The molecule has 1 aromatic rings. The Morgan fingerprint density at radius 1 is 1.58 bits per heavy atom. The summed E-state index contributed by atoms with van der Waals surface area (Å²) in [7, 11) is 0. The molecule has 1 aromatic heterocycles. The molecule has 0 fully saturated rings. The first-order valence-corrected chi connectivity index (χ1v) is 3.98. The van der Waals surface area contributed by atoms with Crippen molar-refractivity contribution in [3.05, 3.63) is 29.8 Å². The van der Waals surface area contributed by atoms with E-state index in [1.165, 1.54) is 0 Å². The van der Waals surface area contributed by atoms with Gasteiger partial charge in [-0.2, -0.15) is 0 Å². The molecule has 0 bridgehead atoms. The summed E-state index contributed by atoms with van der Waals surface area (Å²) >= 11 is 5.63. The number of pyridine rings is 1. The van der Waals surface area contributed by atoms with Gasteiger partial charge in [0.05, 0.1) is 6.61 Å². The highest BCUT2D eigenvalue weighted by Crippen LogP contribution is 2.10. The zero-order valence-electron chi connectivity index (χ0n) is 6.53.